The van der Waals surface area contributed by atoms with E-state index in [1.165, 1.54) is 0 Å². The van der Waals surface area contributed by atoms with Crippen LogP contribution in [0.2, 0.25) is 0 Å². The second kappa shape index (κ2) is 8.49. The van der Waals surface area contributed by atoms with Crippen LogP contribution in [-0.4, -0.2) is 29.2 Å². The number of rotatable bonds is 9. The van der Waals surface area contributed by atoms with Gasteiger partial charge in [-0.1, -0.05) is 19.1 Å². The van der Waals surface area contributed by atoms with E-state index in [9.17, 15) is 9.90 Å². The molecule has 0 aliphatic heterocycles. The van der Waals surface area contributed by atoms with E-state index >= 15 is 0 Å². The van der Waals surface area contributed by atoms with E-state index in [1.54, 1.807) is 12.3 Å². The highest BCUT2D eigenvalue weighted by Crippen LogP contribution is 2.34. The lowest BCUT2D eigenvalue weighted by atomic mass is 10.1. The number of benzene rings is 1. The molecule has 0 radical (unpaired) electrons. The molecule has 0 aliphatic carbocycles. The molecule has 0 aliphatic rings. The highest BCUT2D eigenvalue weighted by atomic mass is 16.5. The number of pyridine rings is 1. The number of furan rings is 1. The molecule has 6 nitrogen and oxygen atoms in total. The number of aromatic carboxylic acids is 1. The summed E-state index contributed by atoms with van der Waals surface area (Å²) in [5, 5.41) is 13.4. The summed E-state index contributed by atoms with van der Waals surface area (Å²) in [6, 6.07) is 9.38. The molecular weight excluding hydrogens is 332 g/mol. The van der Waals surface area contributed by atoms with Crippen molar-refractivity contribution >= 4 is 16.9 Å². The molecule has 0 bridgehead atoms. The third kappa shape index (κ3) is 4.03. The molecule has 0 saturated carbocycles. The number of hydrogen-bond acceptors (Lipinski definition) is 5. The summed E-state index contributed by atoms with van der Waals surface area (Å²) in [5.74, 6) is -0.386. The largest absolute Gasteiger partial charge is 0.493 e. The molecule has 0 amide bonds. The number of nitrogens with zero attached hydrogens (tertiary/aromatic N) is 1. The van der Waals surface area contributed by atoms with Crippen LogP contribution in [-0.2, 0) is 13.0 Å². The molecule has 2 aromatic heterocycles. The highest BCUT2D eigenvalue weighted by molar-refractivity contribution is 5.97. The molecule has 136 valence electrons. The molecular formula is C20H22N2O4. The summed E-state index contributed by atoms with van der Waals surface area (Å²) in [7, 11) is 0. The number of nitrogens with one attached hydrogen (secondary N) is 1. The van der Waals surface area contributed by atoms with E-state index in [1.807, 2.05) is 37.4 Å². The summed E-state index contributed by atoms with van der Waals surface area (Å²) < 4.78 is 11.4. The number of carboxylic acids is 1. The number of carbonyl (C=O) groups is 1. The van der Waals surface area contributed by atoms with Gasteiger partial charge in [0.15, 0.2) is 0 Å². The molecule has 0 fully saturated rings. The van der Waals surface area contributed by atoms with Crippen LogP contribution in [0.4, 0.5) is 0 Å². The first kappa shape index (κ1) is 17.9. The normalized spacial score (nSPS) is 11.0. The average Bonchev–Trinajstić information content (AvgIpc) is 3.05. The fraction of sp³-hybridized carbons (Fsp3) is 0.300. The number of ether oxygens (including phenoxy) is 1. The Hall–Kier alpha value is -2.86. The van der Waals surface area contributed by atoms with Gasteiger partial charge in [0.1, 0.15) is 11.3 Å². The van der Waals surface area contributed by atoms with Crippen molar-refractivity contribution in [3.8, 4) is 5.75 Å². The second-order valence-electron chi connectivity index (χ2n) is 5.94. The van der Waals surface area contributed by atoms with Crippen LogP contribution in [0.15, 0.2) is 47.1 Å². The van der Waals surface area contributed by atoms with Crippen LogP contribution in [0, 0.1) is 0 Å². The van der Waals surface area contributed by atoms with Crippen LogP contribution < -0.4 is 10.1 Å². The topological polar surface area (TPSA) is 84.6 Å². The Kier molecular flexibility index (Phi) is 5.86. The maximum Gasteiger partial charge on any atom is 0.372 e. The van der Waals surface area contributed by atoms with Gasteiger partial charge < -0.3 is 19.6 Å². The third-order valence-corrected chi connectivity index (χ3v) is 4.13. The number of hydrogen-bond donors (Lipinski definition) is 2. The van der Waals surface area contributed by atoms with Crippen LogP contribution in [0.25, 0.3) is 11.0 Å². The fourth-order valence-corrected chi connectivity index (χ4v) is 2.92. The Morgan fingerprint density at radius 3 is 2.92 bits per heavy atom. The zero-order valence-electron chi connectivity index (χ0n) is 14.7. The lowest BCUT2D eigenvalue weighted by Crippen LogP contribution is -2.17. The number of aromatic nitrogens is 1. The van der Waals surface area contributed by atoms with Gasteiger partial charge in [-0.2, -0.15) is 0 Å². The lowest BCUT2D eigenvalue weighted by molar-refractivity contribution is 0.0663. The van der Waals surface area contributed by atoms with Crippen molar-refractivity contribution in [2.45, 2.75) is 26.3 Å². The monoisotopic (exact) mass is 354 g/mol. The van der Waals surface area contributed by atoms with Gasteiger partial charge >= 0.3 is 5.97 Å². The number of aryl methyl sites for hydroxylation is 1. The van der Waals surface area contributed by atoms with Gasteiger partial charge in [0.05, 0.1) is 12.0 Å². The van der Waals surface area contributed by atoms with Crippen molar-refractivity contribution in [1.29, 1.82) is 0 Å². The predicted molar refractivity (Wildman–Crippen MR) is 98.6 cm³/mol. The first-order valence-electron chi connectivity index (χ1n) is 8.70. The Morgan fingerprint density at radius 1 is 1.31 bits per heavy atom. The molecule has 26 heavy (non-hydrogen) atoms. The Labute approximate surface area is 151 Å². The first-order chi connectivity index (χ1) is 12.7. The van der Waals surface area contributed by atoms with Gasteiger partial charge in [-0.05, 0) is 43.1 Å². The standard InChI is InChI=1S/C20H22N2O4/c1-2-15-18-16(7-3-8-17(18)26-19(15)20(23)24)25-11-5-10-22-13-14-6-4-9-21-12-14/h3-4,6-9,12,22H,2,5,10-11,13H2,1H3,(H,23,24). The minimum Gasteiger partial charge on any atom is -0.493 e. The maximum atomic E-state index is 11.4. The third-order valence-electron chi connectivity index (χ3n) is 4.13. The van der Waals surface area contributed by atoms with E-state index in [0.29, 0.717) is 29.9 Å². The van der Waals surface area contributed by atoms with Gasteiger partial charge in [0.25, 0.3) is 0 Å². The smallest absolute Gasteiger partial charge is 0.372 e. The summed E-state index contributed by atoms with van der Waals surface area (Å²) in [6.45, 7) is 4.04. The van der Waals surface area contributed by atoms with Crippen molar-refractivity contribution in [3.05, 3.63) is 59.6 Å². The van der Waals surface area contributed by atoms with Gasteiger partial charge in [0.2, 0.25) is 5.76 Å². The molecule has 0 saturated heterocycles. The Bertz CT molecular complexity index is 874. The quantitative estimate of drug-likeness (QED) is 0.571. The Morgan fingerprint density at radius 2 is 2.19 bits per heavy atom. The molecule has 6 heteroatoms. The molecule has 0 spiro atoms. The van der Waals surface area contributed by atoms with E-state index in [4.69, 9.17) is 9.15 Å². The molecule has 0 unspecified atom stereocenters. The van der Waals surface area contributed by atoms with Crippen molar-refractivity contribution < 1.29 is 19.1 Å². The lowest BCUT2D eigenvalue weighted by Gasteiger charge is -2.09. The minimum atomic E-state index is -1.05. The summed E-state index contributed by atoms with van der Waals surface area (Å²) >= 11 is 0. The fourth-order valence-electron chi connectivity index (χ4n) is 2.92. The van der Waals surface area contributed by atoms with Crippen LogP contribution in [0.3, 0.4) is 0 Å². The van der Waals surface area contributed by atoms with Crippen molar-refractivity contribution in [1.82, 2.24) is 10.3 Å². The summed E-state index contributed by atoms with van der Waals surface area (Å²) in [4.78, 5) is 15.4. The Balaban J connectivity index is 1.58. The van der Waals surface area contributed by atoms with Gasteiger partial charge in [-0.25, -0.2) is 4.79 Å². The van der Waals surface area contributed by atoms with Crippen LogP contribution >= 0.6 is 0 Å². The van der Waals surface area contributed by atoms with E-state index in [-0.39, 0.29) is 5.76 Å². The molecule has 2 N–H and O–H groups in total. The number of fused-ring (bicyclic) bond motifs is 1. The van der Waals surface area contributed by atoms with E-state index in [0.717, 1.165) is 30.5 Å². The molecule has 2 heterocycles. The van der Waals surface area contributed by atoms with E-state index in [2.05, 4.69) is 10.3 Å². The summed E-state index contributed by atoms with van der Waals surface area (Å²) in [6.07, 6.45) is 5.01. The zero-order chi connectivity index (χ0) is 18.4. The zero-order valence-corrected chi connectivity index (χ0v) is 14.7. The van der Waals surface area contributed by atoms with Gasteiger partial charge in [-0.3, -0.25) is 4.98 Å². The van der Waals surface area contributed by atoms with Crippen molar-refractivity contribution in [3.63, 3.8) is 0 Å². The predicted octanol–water partition coefficient (Wildman–Crippen LogP) is 3.65. The SMILES string of the molecule is CCc1c(C(=O)O)oc2cccc(OCCCNCc3cccnc3)c12. The summed E-state index contributed by atoms with van der Waals surface area (Å²) in [5.41, 5.74) is 2.37. The van der Waals surface area contributed by atoms with Crippen molar-refractivity contribution in [2.75, 3.05) is 13.2 Å². The number of carboxylic acid groups (broad SMARTS) is 1. The van der Waals surface area contributed by atoms with Crippen LogP contribution in [0.5, 0.6) is 5.75 Å². The van der Waals surface area contributed by atoms with Crippen molar-refractivity contribution in [2.24, 2.45) is 0 Å². The molecule has 3 rings (SSSR count). The highest BCUT2D eigenvalue weighted by Gasteiger charge is 2.21. The molecule has 1 aromatic carbocycles. The second-order valence-corrected chi connectivity index (χ2v) is 5.94. The molecule has 0 atom stereocenters. The van der Waals surface area contributed by atoms with Gasteiger partial charge in [0, 0.05) is 24.5 Å². The van der Waals surface area contributed by atoms with Crippen LogP contribution in [0.1, 0.15) is 35.0 Å². The average molecular weight is 354 g/mol. The first-order valence-corrected chi connectivity index (χ1v) is 8.70. The van der Waals surface area contributed by atoms with E-state index < -0.39 is 5.97 Å². The maximum absolute atomic E-state index is 11.4. The van der Waals surface area contributed by atoms with Gasteiger partial charge in [-0.15, -0.1) is 0 Å². The minimum absolute atomic E-state index is 0.00307. The molecule has 3 aromatic rings.